The van der Waals surface area contributed by atoms with Gasteiger partial charge in [-0.3, -0.25) is 14.5 Å². The molecule has 1 aliphatic rings. The van der Waals surface area contributed by atoms with E-state index < -0.39 is 6.04 Å². The van der Waals surface area contributed by atoms with Crippen LogP contribution < -0.4 is 0 Å². The number of nitrogens with zero attached hydrogens (tertiary/aromatic N) is 2. The molecule has 1 unspecified atom stereocenters. The van der Waals surface area contributed by atoms with Crippen molar-refractivity contribution < 1.29 is 14.7 Å². The maximum Gasteiger partial charge on any atom is 0.262 e. The third kappa shape index (κ3) is 2.16. The Morgan fingerprint density at radius 2 is 1.86 bits per heavy atom. The molecule has 21 heavy (non-hydrogen) atoms. The van der Waals surface area contributed by atoms with Gasteiger partial charge in [-0.15, -0.1) is 11.3 Å². The van der Waals surface area contributed by atoms with Crippen molar-refractivity contribution in [2.45, 2.75) is 26.0 Å². The second-order valence-corrected chi connectivity index (χ2v) is 5.72. The van der Waals surface area contributed by atoms with E-state index in [4.69, 9.17) is 5.11 Å². The molecule has 6 heteroatoms. The lowest BCUT2D eigenvalue weighted by Gasteiger charge is -2.23. The monoisotopic (exact) mass is 302 g/mol. The van der Waals surface area contributed by atoms with E-state index in [2.05, 4.69) is 4.98 Å². The smallest absolute Gasteiger partial charge is 0.262 e. The third-order valence-corrected chi connectivity index (χ3v) is 4.42. The van der Waals surface area contributed by atoms with Gasteiger partial charge in [0.2, 0.25) is 0 Å². The SMILES string of the molecule is CCC(c1csc(CO)n1)N1C(=O)c2ccccc2C1=O. The van der Waals surface area contributed by atoms with Crippen LogP contribution >= 0.6 is 11.3 Å². The first-order valence-corrected chi connectivity index (χ1v) is 7.57. The summed E-state index contributed by atoms with van der Waals surface area (Å²) < 4.78 is 0. The average molecular weight is 302 g/mol. The number of rotatable bonds is 4. The Kier molecular flexibility index (Phi) is 3.57. The number of hydrogen-bond acceptors (Lipinski definition) is 5. The quantitative estimate of drug-likeness (QED) is 0.880. The molecule has 0 saturated heterocycles. The topological polar surface area (TPSA) is 70.5 Å². The van der Waals surface area contributed by atoms with Gasteiger partial charge in [-0.25, -0.2) is 4.98 Å². The summed E-state index contributed by atoms with van der Waals surface area (Å²) in [5, 5.41) is 11.5. The second kappa shape index (κ2) is 5.38. The van der Waals surface area contributed by atoms with Crippen LogP contribution in [-0.2, 0) is 6.61 Å². The zero-order valence-corrected chi connectivity index (χ0v) is 12.3. The minimum Gasteiger partial charge on any atom is -0.389 e. The van der Waals surface area contributed by atoms with Crippen LogP contribution in [0.25, 0.3) is 0 Å². The van der Waals surface area contributed by atoms with Gasteiger partial charge in [0.05, 0.1) is 29.5 Å². The lowest BCUT2D eigenvalue weighted by atomic mass is 10.1. The van der Waals surface area contributed by atoms with Gasteiger partial charge in [0.15, 0.2) is 0 Å². The average Bonchev–Trinajstić information content (AvgIpc) is 3.08. The summed E-state index contributed by atoms with van der Waals surface area (Å²) >= 11 is 1.33. The van der Waals surface area contributed by atoms with Crippen LogP contribution in [0.5, 0.6) is 0 Å². The number of carbonyl (C=O) groups is 2. The van der Waals surface area contributed by atoms with Crippen molar-refractivity contribution in [3.8, 4) is 0 Å². The first-order chi connectivity index (χ1) is 10.2. The molecule has 2 aromatic rings. The van der Waals surface area contributed by atoms with Gasteiger partial charge in [0.1, 0.15) is 5.01 Å². The molecular formula is C15H14N2O3S. The van der Waals surface area contributed by atoms with E-state index in [1.54, 1.807) is 29.6 Å². The van der Waals surface area contributed by atoms with Crippen LogP contribution in [0.3, 0.4) is 0 Å². The number of imide groups is 1. The van der Waals surface area contributed by atoms with Crippen molar-refractivity contribution >= 4 is 23.2 Å². The van der Waals surface area contributed by atoms with Crippen LogP contribution in [0.4, 0.5) is 0 Å². The van der Waals surface area contributed by atoms with Gasteiger partial charge in [-0.05, 0) is 18.6 Å². The van der Waals surface area contributed by atoms with Crippen molar-refractivity contribution in [2.75, 3.05) is 0 Å². The van der Waals surface area contributed by atoms with Crippen LogP contribution in [0, 0.1) is 0 Å². The Hall–Kier alpha value is -2.05. The maximum atomic E-state index is 12.5. The summed E-state index contributed by atoms with van der Waals surface area (Å²) in [5.74, 6) is -0.554. The number of aliphatic hydroxyl groups excluding tert-OH is 1. The lowest BCUT2D eigenvalue weighted by molar-refractivity contribution is 0.0574. The molecular weight excluding hydrogens is 288 g/mol. The Morgan fingerprint density at radius 1 is 1.24 bits per heavy atom. The normalized spacial score (nSPS) is 15.4. The summed E-state index contributed by atoms with van der Waals surface area (Å²) in [7, 11) is 0. The molecule has 5 nitrogen and oxygen atoms in total. The molecule has 0 spiro atoms. The first kappa shape index (κ1) is 13.9. The minimum atomic E-state index is -0.394. The van der Waals surface area contributed by atoms with Crippen molar-refractivity contribution in [1.82, 2.24) is 9.88 Å². The highest BCUT2D eigenvalue weighted by molar-refractivity contribution is 7.09. The highest BCUT2D eigenvalue weighted by Gasteiger charge is 2.40. The number of carbonyl (C=O) groups excluding carboxylic acids is 2. The van der Waals surface area contributed by atoms with E-state index in [9.17, 15) is 9.59 Å². The Labute approximate surface area is 125 Å². The molecule has 1 aromatic carbocycles. The van der Waals surface area contributed by atoms with Crippen LogP contribution in [-0.4, -0.2) is 26.8 Å². The van der Waals surface area contributed by atoms with Crippen molar-refractivity contribution in [3.05, 3.63) is 51.5 Å². The maximum absolute atomic E-state index is 12.5. The molecule has 1 atom stereocenters. The summed E-state index contributed by atoms with van der Waals surface area (Å²) in [4.78, 5) is 30.6. The van der Waals surface area contributed by atoms with E-state index in [0.29, 0.717) is 28.2 Å². The first-order valence-electron chi connectivity index (χ1n) is 6.69. The number of thiazole rings is 1. The van der Waals surface area contributed by atoms with Gasteiger partial charge in [0.25, 0.3) is 11.8 Å². The zero-order chi connectivity index (χ0) is 15.0. The summed E-state index contributed by atoms with van der Waals surface area (Å²) in [5.41, 5.74) is 1.54. The lowest BCUT2D eigenvalue weighted by Crippen LogP contribution is -2.34. The number of fused-ring (bicyclic) bond motifs is 1. The fourth-order valence-electron chi connectivity index (χ4n) is 2.57. The van der Waals surface area contributed by atoms with Crippen molar-refractivity contribution in [1.29, 1.82) is 0 Å². The van der Waals surface area contributed by atoms with Gasteiger partial charge >= 0.3 is 0 Å². The van der Waals surface area contributed by atoms with Gasteiger partial charge in [-0.1, -0.05) is 19.1 Å². The van der Waals surface area contributed by atoms with E-state index in [1.807, 2.05) is 6.92 Å². The standard InChI is InChI=1S/C15H14N2O3S/c1-2-12(11-8-21-13(7-18)16-11)17-14(19)9-5-3-4-6-10(9)15(17)20/h3-6,8,12,18H,2,7H2,1H3. The molecule has 1 N–H and O–H groups in total. The van der Waals surface area contributed by atoms with Crippen LogP contribution in [0.2, 0.25) is 0 Å². The van der Waals surface area contributed by atoms with Gasteiger partial charge < -0.3 is 5.11 Å². The summed E-state index contributed by atoms with van der Waals surface area (Å²) in [6.07, 6.45) is 0.583. The Morgan fingerprint density at radius 3 is 2.33 bits per heavy atom. The third-order valence-electron chi connectivity index (χ3n) is 3.57. The van der Waals surface area contributed by atoms with Crippen LogP contribution in [0.1, 0.15) is 50.8 Å². The molecule has 0 bridgehead atoms. The molecule has 2 heterocycles. The van der Waals surface area contributed by atoms with E-state index >= 15 is 0 Å². The fourth-order valence-corrected chi connectivity index (χ4v) is 3.26. The van der Waals surface area contributed by atoms with Crippen molar-refractivity contribution in [3.63, 3.8) is 0 Å². The van der Waals surface area contributed by atoms with E-state index in [0.717, 1.165) is 0 Å². The Bertz CT molecular complexity index is 675. The van der Waals surface area contributed by atoms with Crippen LogP contribution in [0.15, 0.2) is 29.6 Å². The number of amides is 2. The van der Waals surface area contributed by atoms with Gasteiger partial charge in [-0.2, -0.15) is 0 Å². The molecule has 0 radical (unpaired) electrons. The summed E-state index contributed by atoms with van der Waals surface area (Å²) in [6, 6.07) is 6.45. The number of benzene rings is 1. The highest BCUT2D eigenvalue weighted by Crippen LogP contribution is 2.33. The number of hydrogen-bond donors (Lipinski definition) is 1. The Balaban J connectivity index is 1.99. The van der Waals surface area contributed by atoms with E-state index in [1.165, 1.54) is 16.2 Å². The van der Waals surface area contributed by atoms with Gasteiger partial charge in [0, 0.05) is 5.38 Å². The predicted octanol–water partition coefficient (Wildman–Crippen LogP) is 2.38. The number of aromatic nitrogens is 1. The summed E-state index contributed by atoms with van der Waals surface area (Å²) in [6.45, 7) is 1.77. The molecule has 1 aromatic heterocycles. The predicted molar refractivity (Wildman–Crippen MR) is 78.0 cm³/mol. The largest absolute Gasteiger partial charge is 0.389 e. The molecule has 0 aliphatic carbocycles. The zero-order valence-electron chi connectivity index (χ0n) is 11.4. The molecule has 1 aliphatic heterocycles. The fraction of sp³-hybridized carbons (Fsp3) is 0.267. The molecule has 0 fully saturated rings. The number of aliphatic hydroxyl groups is 1. The van der Waals surface area contributed by atoms with E-state index in [-0.39, 0.29) is 18.4 Å². The highest BCUT2D eigenvalue weighted by atomic mass is 32.1. The molecule has 3 rings (SSSR count). The molecule has 2 amide bonds. The molecule has 0 saturated carbocycles. The molecule has 108 valence electrons. The minimum absolute atomic E-state index is 0.136. The van der Waals surface area contributed by atoms with Crippen molar-refractivity contribution in [2.24, 2.45) is 0 Å². The second-order valence-electron chi connectivity index (χ2n) is 4.77.